The predicted molar refractivity (Wildman–Crippen MR) is 132 cm³/mol. The van der Waals surface area contributed by atoms with E-state index in [9.17, 15) is 13.6 Å². The second-order valence-electron chi connectivity index (χ2n) is 10.7. The molecule has 10 nitrogen and oxygen atoms in total. The monoisotopic (exact) mass is 530 g/mol. The maximum Gasteiger partial charge on any atom is 0.407 e. The maximum absolute atomic E-state index is 14.7. The molecule has 0 unspecified atom stereocenters. The quantitative estimate of drug-likeness (QED) is 0.521. The first-order valence-corrected chi connectivity index (χ1v) is 12.7. The normalized spacial score (nSPS) is 21.9. The number of ether oxygens (including phenoxy) is 2. The number of rotatable bonds is 5. The molecule has 1 N–H and O–H groups in total. The Labute approximate surface area is 219 Å². The number of alkyl carbamates (subject to hydrolysis) is 1. The van der Waals surface area contributed by atoms with Crippen LogP contribution in [-0.2, 0) is 29.1 Å². The summed E-state index contributed by atoms with van der Waals surface area (Å²) < 4.78 is 47.9. The van der Waals surface area contributed by atoms with Crippen molar-refractivity contribution in [1.82, 2.24) is 30.0 Å². The summed E-state index contributed by atoms with van der Waals surface area (Å²) in [7, 11) is 0. The molecule has 1 fully saturated rings. The number of carbonyl (C=O) groups excluding carboxylic acids is 1. The predicted octanol–water partition coefficient (Wildman–Crippen LogP) is 4.28. The molecule has 3 atom stereocenters. The largest absolute Gasteiger partial charge is 0.444 e. The molecule has 1 aromatic carbocycles. The number of hydrogen-bond donors (Lipinski definition) is 1. The van der Waals surface area contributed by atoms with Gasteiger partial charge in [0.25, 0.3) is 5.89 Å². The lowest BCUT2D eigenvalue weighted by Gasteiger charge is -2.40. The van der Waals surface area contributed by atoms with Gasteiger partial charge in [0.2, 0.25) is 5.89 Å². The summed E-state index contributed by atoms with van der Waals surface area (Å²) in [5.41, 5.74) is 1.31. The Morgan fingerprint density at radius 3 is 2.71 bits per heavy atom. The third-order valence-electron chi connectivity index (χ3n) is 6.74. The highest BCUT2D eigenvalue weighted by Gasteiger charge is 2.41. The van der Waals surface area contributed by atoms with E-state index in [1.54, 1.807) is 27.7 Å². The second-order valence-corrected chi connectivity index (χ2v) is 10.7. The van der Waals surface area contributed by atoms with Gasteiger partial charge in [-0.1, -0.05) is 0 Å². The molecule has 0 spiro atoms. The van der Waals surface area contributed by atoms with E-state index in [4.69, 9.17) is 18.9 Å². The van der Waals surface area contributed by atoms with Crippen LogP contribution >= 0.6 is 0 Å². The fourth-order valence-corrected chi connectivity index (χ4v) is 5.13. The van der Waals surface area contributed by atoms with Crippen LogP contribution in [0.3, 0.4) is 0 Å². The number of aryl methyl sites for hydroxylation is 1. The van der Waals surface area contributed by atoms with E-state index < -0.39 is 35.5 Å². The fraction of sp³-hybridized carbons (Fsp3) is 0.538. The van der Waals surface area contributed by atoms with Crippen LogP contribution in [-0.4, -0.2) is 55.0 Å². The van der Waals surface area contributed by atoms with Crippen molar-refractivity contribution < 1.29 is 27.5 Å². The second kappa shape index (κ2) is 10.1. The van der Waals surface area contributed by atoms with Crippen LogP contribution in [0.1, 0.15) is 63.1 Å². The molecule has 1 saturated heterocycles. The van der Waals surface area contributed by atoms with Crippen molar-refractivity contribution in [3.63, 3.8) is 0 Å². The molecular weight excluding hydrogens is 498 g/mol. The van der Waals surface area contributed by atoms with Gasteiger partial charge in [-0.2, -0.15) is 0 Å². The number of halogens is 2. The Hall–Kier alpha value is -3.38. The summed E-state index contributed by atoms with van der Waals surface area (Å²) >= 11 is 0. The third-order valence-corrected chi connectivity index (χ3v) is 6.74. The molecule has 2 aromatic heterocycles. The summed E-state index contributed by atoms with van der Waals surface area (Å²) in [5.74, 6) is 0.327. The van der Waals surface area contributed by atoms with Crippen LogP contribution in [0.2, 0.25) is 0 Å². The van der Waals surface area contributed by atoms with Crippen LogP contribution in [0.15, 0.2) is 22.6 Å². The van der Waals surface area contributed by atoms with E-state index in [-0.39, 0.29) is 18.2 Å². The first-order valence-electron chi connectivity index (χ1n) is 12.7. The number of nitrogens with one attached hydrogen (secondary N) is 1. The van der Waals surface area contributed by atoms with Crippen molar-refractivity contribution in [2.45, 2.75) is 84.5 Å². The Kier molecular flexibility index (Phi) is 6.95. The summed E-state index contributed by atoms with van der Waals surface area (Å²) in [4.78, 5) is 19.7. The van der Waals surface area contributed by atoms with Gasteiger partial charge >= 0.3 is 6.09 Å². The highest BCUT2D eigenvalue weighted by atomic mass is 19.1. The molecule has 3 aromatic rings. The number of hydrogen-bond acceptors (Lipinski definition) is 8. The van der Waals surface area contributed by atoms with Gasteiger partial charge in [-0.15, -0.1) is 10.2 Å². The van der Waals surface area contributed by atoms with Gasteiger partial charge in [-0.3, -0.25) is 4.90 Å². The zero-order valence-corrected chi connectivity index (χ0v) is 22.1. The molecule has 5 rings (SSSR count). The number of aromatic nitrogens is 4. The van der Waals surface area contributed by atoms with Crippen molar-refractivity contribution >= 4 is 6.09 Å². The topological polar surface area (TPSA) is 108 Å². The molecule has 0 radical (unpaired) electrons. The number of benzene rings is 1. The summed E-state index contributed by atoms with van der Waals surface area (Å²) in [6.45, 7) is 11.2. The summed E-state index contributed by atoms with van der Waals surface area (Å²) in [6, 6.07) is 2.50. The summed E-state index contributed by atoms with van der Waals surface area (Å²) in [6.07, 6.45) is -1.06. The minimum atomic E-state index is -0.866. The lowest BCUT2D eigenvalue weighted by Crippen LogP contribution is -2.52. The summed E-state index contributed by atoms with van der Waals surface area (Å²) in [5, 5.41) is 10.9. The number of imidazole rings is 1. The zero-order valence-electron chi connectivity index (χ0n) is 22.1. The lowest BCUT2D eigenvalue weighted by atomic mass is 9.92. The molecule has 4 heterocycles. The first-order chi connectivity index (χ1) is 18.0. The average molecular weight is 531 g/mol. The molecule has 12 heteroatoms. The van der Waals surface area contributed by atoms with Crippen LogP contribution in [0, 0.1) is 18.6 Å². The van der Waals surface area contributed by atoms with Crippen LogP contribution in [0.25, 0.3) is 11.7 Å². The van der Waals surface area contributed by atoms with Gasteiger partial charge in [0.15, 0.2) is 5.82 Å². The van der Waals surface area contributed by atoms with E-state index in [1.807, 2.05) is 6.92 Å². The smallest absolute Gasteiger partial charge is 0.407 e. The standard InChI is InChI=1S/C26H32F2N6O4/c1-6-34-21-12-33(11-20(21)29-23(34)24-32-31-14(2)37-24)16-10-19(30-25(35)38-26(3,4)5)22(36-13-16)17-9-15(27)7-8-18(17)28/h7-9,16,19,22H,6,10-13H2,1-5H3,(H,30,35)/t16-,19+,22-/m1/s1. The Bertz CT molecular complexity index is 1330. The first kappa shape index (κ1) is 26.2. The SMILES string of the molecule is CCn1c(-c2nnc(C)o2)nc2c1CN([C@H]1CO[C@H](c3cc(F)ccc3F)[C@@H](NC(=O)OC(C)(C)C)C1)C2. The van der Waals surface area contributed by atoms with E-state index in [1.165, 1.54) is 0 Å². The Morgan fingerprint density at radius 2 is 2.03 bits per heavy atom. The van der Waals surface area contributed by atoms with E-state index in [2.05, 4.69) is 25.0 Å². The fourth-order valence-electron chi connectivity index (χ4n) is 5.13. The minimum Gasteiger partial charge on any atom is -0.444 e. The molecule has 2 aliphatic rings. The van der Waals surface area contributed by atoms with Gasteiger partial charge < -0.3 is 23.8 Å². The lowest BCUT2D eigenvalue weighted by molar-refractivity contribution is -0.0630. The third kappa shape index (κ3) is 5.28. The number of carbonyl (C=O) groups is 1. The van der Waals surface area contributed by atoms with Crippen LogP contribution in [0.5, 0.6) is 0 Å². The molecule has 1 amide bonds. The number of amides is 1. The molecule has 204 valence electrons. The Morgan fingerprint density at radius 1 is 1.24 bits per heavy atom. The van der Waals surface area contributed by atoms with E-state index in [0.29, 0.717) is 43.7 Å². The number of nitrogens with zero attached hydrogens (tertiary/aromatic N) is 5. The maximum atomic E-state index is 14.7. The van der Waals surface area contributed by atoms with Crippen LogP contribution < -0.4 is 5.32 Å². The molecule has 0 bridgehead atoms. The van der Waals surface area contributed by atoms with Gasteiger partial charge in [-0.25, -0.2) is 18.6 Å². The van der Waals surface area contributed by atoms with Crippen LogP contribution in [0.4, 0.5) is 13.6 Å². The minimum absolute atomic E-state index is 0.0628. The van der Waals surface area contributed by atoms with Crippen molar-refractivity contribution in [2.75, 3.05) is 6.61 Å². The van der Waals surface area contributed by atoms with Crippen molar-refractivity contribution in [2.24, 2.45) is 0 Å². The van der Waals surface area contributed by atoms with E-state index in [0.717, 1.165) is 29.6 Å². The Balaban J connectivity index is 1.36. The highest BCUT2D eigenvalue weighted by Crippen LogP contribution is 2.36. The molecule has 2 aliphatic heterocycles. The molecule has 0 saturated carbocycles. The van der Waals surface area contributed by atoms with Crippen molar-refractivity contribution in [3.8, 4) is 11.7 Å². The zero-order chi connectivity index (χ0) is 27.2. The van der Waals surface area contributed by atoms with Gasteiger partial charge in [0.05, 0.1) is 24.0 Å². The van der Waals surface area contributed by atoms with Crippen molar-refractivity contribution in [1.29, 1.82) is 0 Å². The van der Waals surface area contributed by atoms with Gasteiger partial charge in [0.1, 0.15) is 23.3 Å². The average Bonchev–Trinajstić information content (AvgIpc) is 3.53. The number of fused-ring (bicyclic) bond motifs is 1. The molecule has 38 heavy (non-hydrogen) atoms. The van der Waals surface area contributed by atoms with Gasteiger partial charge in [-0.05, 0) is 52.3 Å². The molecular formula is C26H32F2N6O4. The molecule has 0 aliphatic carbocycles. The van der Waals surface area contributed by atoms with E-state index >= 15 is 0 Å². The van der Waals surface area contributed by atoms with Crippen molar-refractivity contribution in [3.05, 3.63) is 52.7 Å². The van der Waals surface area contributed by atoms with Gasteiger partial charge in [0, 0.05) is 38.2 Å². The highest BCUT2D eigenvalue weighted by molar-refractivity contribution is 5.68.